The fraction of sp³-hybridized carbons (Fsp3) is 0.625. The number of carbonyl (C=O) groups excluding carboxylic acids is 3. The number of nitrogens with one attached hydrogen (secondary N) is 2. The predicted octanol–water partition coefficient (Wildman–Crippen LogP) is 2.20. The number of rotatable bonds is 7. The number of hydrogen-bond donors (Lipinski definition) is 3. The van der Waals surface area contributed by atoms with Crippen molar-refractivity contribution in [3.8, 4) is 0 Å². The van der Waals surface area contributed by atoms with Gasteiger partial charge in [-0.25, -0.2) is 0 Å². The highest BCUT2D eigenvalue weighted by atomic mass is 35.5. The Morgan fingerprint density at radius 2 is 1.97 bits per heavy atom. The third kappa shape index (κ3) is 3.54. The van der Waals surface area contributed by atoms with Crippen molar-refractivity contribution in [2.24, 2.45) is 17.8 Å². The molecule has 1 aromatic rings. The molecule has 3 N–H and O–H groups in total. The molecule has 0 radical (unpaired) electrons. The molecule has 4 rings (SSSR count). The van der Waals surface area contributed by atoms with Crippen LogP contribution >= 0.6 is 11.6 Å². The number of fused-ring (bicyclic) bond motifs is 1. The van der Waals surface area contributed by atoms with Gasteiger partial charge in [-0.2, -0.15) is 0 Å². The molecular weight excluding hydrogens is 446 g/mol. The number of hydrogen-bond acceptors (Lipinski definition) is 5. The van der Waals surface area contributed by atoms with Crippen LogP contribution in [0.3, 0.4) is 0 Å². The van der Waals surface area contributed by atoms with Gasteiger partial charge in [-0.1, -0.05) is 25.4 Å². The number of nitrogens with zero attached hydrogens (tertiary/aromatic N) is 1. The van der Waals surface area contributed by atoms with Crippen LogP contribution in [0.1, 0.15) is 40.5 Å². The van der Waals surface area contributed by atoms with Crippen LogP contribution in [0.4, 0.5) is 5.69 Å². The molecule has 7 atom stereocenters. The predicted molar refractivity (Wildman–Crippen MR) is 124 cm³/mol. The first-order valence-electron chi connectivity index (χ1n) is 11.6. The van der Waals surface area contributed by atoms with E-state index in [4.69, 9.17) is 16.3 Å². The number of aliphatic hydroxyl groups is 1. The number of carbonyl (C=O) groups is 3. The van der Waals surface area contributed by atoms with E-state index in [1.165, 1.54) is 4.90 Å². The zero-order valence-corrected chi connectivity index (χ0v) is 20.2. The van der Waals surface area contributed by atoms with E-state index in [2.05, 4.69) is 10.6 Å². The molecule has 8 nitrogen and oxygen atoms in total. The van der Waals surface area contributed by atoms with Gasteiger partial charge >= 0.3 is 0 Å². The number of likely N-dealkylation sites (tertiary alicyclic amines) is 1. The summed E-state index contributed by atoms with van der Waals surface area (Å²) in [5.74, 6) is -2.47. The Bertz CT molecular complexity index is 956. The third-order valence-electron chi connectivity index (χ3n) is 7.68. The van der Waals surface area contributed by atoms with Crippen LogP contribution in [0.2, 0.25) is 5.02 Å². The van der Waals surface area contributed by atoms with Crippen LogP contribution in [-0.2, 0) is 19.1 Å². The highest BCUT2D eigenvalue weighted by molar-refractivity contribution is 6.30. The molecule has 3 saturated heterocycles. The number of aliphatic hydroxyl groups excluding tert-OH is 1. The van der Waals surface area contributed by atoms with E-state index in [1.54, 1.807) is 31.2 Å². The average molecular weight is 478 g/mol. The largest absolute Gasteiger partial charge is 0.394 e. The van der Waals surface area contributed by atoms with Gasteiger partial charge in [0.05, 0.1) is 30.1 Å². The molecule has 3 aliphatic heterocycles. The maximum Gasteiger partial charge on any atom is 0.250 e. The molecule has 180 valence electrons. The van der Waals surface area contributed by atoms with E-state index in [1.807, 2.05) is 20.8 Å². The van der Waals surface area contributed by atoms with E-state index in [-0.39, 0.29) is 24.3 Å². The normalized spacial score (nSPS) is 35.5. The standard InChI is InChI=1S/C24H32ClN3O5/c1-5-10-26-20(30)17-18-22(32)28(14(3)12-29)19(24(18)11-13(2)23(17,4)33-24)21(31)27-16-8-6-15(25)7-9-16/h6-9,13-14,17-19,29H,5,10-12H2,1-4H3,(H,26,30)(H,27,31)/t13?,14-,17-,18+,19?,23+,24?/m1/s1. The van der Waals surface area contributed by atoms with Crippen molar-refractivity contribution < 1.29 is 24.2 Å². The summed E-state index contributed by atoms with van der Waals surface area (Å²) in [5.41, 5.74) is -1.46. The number of benzene rings is 1. The van der Waals surface area contributed by atoms with Gasteiger partial charge in [0.15, 0.2) is 0 Å². The van der Waals surface area contributed by atoms with Crippen LogP contribution in [0.5, 0.6) is 0 Å². The summed E-state index contributed by atoms with van der Waals surface area (Å²) in [6, 6.07) is 5.13. The van der Waals surface area contributed by atoms with Crippen molar-refractivity contribution in [1.29, 1.82) is 0 Å². The van der Waals surface area contributed by atoms with Crippen LogP contribution in [-0.4, -0.2) is 64.2 Å². The summed E-state index contributed by atoms with van der Waals surface area (Å²) in [6.07, 6.45) is 1.25. The smallest absolute Gasteiger partial charge is 0.250 e. The molecule has 9 heteroatoms. The lowest BCUT2D eigenvalue weighted by molar-refractivity contribution is -0.148. The Balaban J connectivity index is 1.75. The highest BCUT2D eigenvalue weighted by Crippen LogP contribution is 2.65. The first kappa shape index (κ1) is 24.0. The second-order valence-corrected chi connectivity index (χ2v) is 10.2. The van der Waals surface area contributed by atoms with E-state index in [0.717, 1.165) is 6.42 Å². The Morgan fingerprint density at radius 1 is 1.30 bits per heavy atom. The topological polar surface area (TPSA) is 108 Å². The second-order valence-electron chi connectivity index (χ2n) is 9.77. The van der Waals surface area contributed by atoms with Gasteiger partial charge in [0.25, 0.3) is 0 Å². The average Bonchev–Trinajstić information content (AvgIpc) is 3.30. The number of amides is 3. The summed E-state index contributed by atoms with van der Waals surface area (Å²) >= 11 is 5.96. The molecule has 3 amide bonds. The molecule has 2 bridgehead atoms. The van der Waals surface area contributed by atoms with E-state index in [0.29, 0.717) is 23.7 Å². The fourth-order valence-electron chi connectivity index (χ4n) is 6.04. The second kappa shape index (κ2) is 8.56. The maximum atomic E-state index is 13.8. The minimum Gasteiger partial charge on any atom is -0.394 e. The number of anilines is 1. The van der Waals surface area contributed by atoms with Gasteiger partial charge in [0.1, 0.15) is 11.6 Å². The molecule has 3 aliphatic rings. The minimum atomic E-state index is -1.14. The molecular formula is C24H32ClN3O5. The van der Waals surface area contributed by atoms with Crippen molar-refractivity contribution in [2.45, 2.75) is 63.8 Å². The van der Waals surface area contributed by atoms with Gasteiger partial charge in [-0.05, 0) is 56.9 Å². The molecule has 3 heterocycles. The van der Waals surface area contributed by atoms with Crippen LogP contribution < -0.4 is 10.6 Å². The van der Waals surface area contributed by atoms with Crippen molar-refractivity contribution >= 4 is 35.0 Å². The summed E-state index contributed by atoms with van der Waals surface area (Å²) in [6.45, 7) is 7.74. The first-order valence-corrected chi connectivity index (χ1v) is 12.0. The molecule has 1 spiro atoms. The van der Waals surface area contributed by atoms with Crippen LogP contribution in [0.25, 0.3) is 0 Å². The number of ether oxygens (including phenoxy) is 1. The Morgan fingerprint density at radius 3 is 2.58 bits per heavy atom. The summed E-state index contributed by atoms with van der Waals surface area (Å²) in [5, 5.41) is 16.2. The van der Waals surface area contributed by atoms with Gasteiger partial charge < -0.3 is 25.4 Å². The minimum absolute atomic E-state index is 0.0332. The monoisotopic (exact) mass is 477 g/mol. The first-order chi connectivity index (χ1) is 15.6. The molecule has 33 heavy (non-hydrogen) atoms. The zero-order valence-electron chi connectivity index (χ0n) is 19.4. The van der Waals surface area contributed by atoms with E-state index < -0.39 is 41.0 Å². The Labute approximate surface area is 199 Å². The van der Waals surface area contributed by atoms with Crippen molar-refractivity contribution in [3.63, 3.8) is 0 Å². The van der Waals surface area contributed by atoms with Crippen LogP contribution in [0, 0.1) is 17.8 Å². The van der Waals surface area contributed by atoms with Crippen molar-refractivity contribution in [1.82, 2.24) is 10.2 Å². The summed E-state index contributed by atoms with van der Waals surface area (Å²) in [4.78, 5) is 42.1. The molecule has 3 unspecified atom stereocenters. The molecule has 0 aromatic heterocycles. The van der Waals surface area contributed by atoms with Gasteiger partial charge in [0, 0.05) is 17.3 Å². The van der Waals surface area contributed by atoms with E-state index in [9.17, 15) is 19.5 Å². The quantitative estimate of drug-likeness (QED) is 0.558. The highest BCUT2D eigenvalue weighted by Gasteiger charge is 2.80. The molecule has 0 aliphatic carbocycles. The lowest BCUT2D eigenvalue weighted by Crippen LogP contribution is -2.56. The summed E-state index contributed by atoms with van der Waals surface area (Å²) in [7, 11) is 0. The third-order valence-corrected chi connectivity index (χ3v) is 7.94. The zero-order chi connectivity index (χ0) is 24.1. The van der Waals surface area contributed by atoms with E-state index >= 15 is 0 Å². The maximum absolute atomic E-state index is 13.8. The van der Waals surface area contributed by atoms with Crippen molar-refractivity contribution in [3.05, 3.63) is 29.3 Å². The van der Waals surface area contributed by atoms with Crippen molar-refractivity contribution in [2.75, 3.05) is 18.5 Å². The Kier molecular flexibility index (Phi) is 6.22. The Hall–Kier alpha value is -2.16. The van der Waals surface area contributed by atoms with Crippen LogP contribution in [0.15, 0.2) is 24.3 Å². The number of halogens is 1. The lowest BCUT2D eigenvalue weighted by Gasteiger charge is -2.36. The fourth-order valence-corrected chi connectivity index (χ4v) is 6.17. The molecule has 1 aromatic carbocycles. The van der Waals surface area contributed by atoms with Gasteiger partial charge in [0.2, 0.25) is 17.7 Å². The molecule has 0 saturated carbocycles. The SMILES string of the molecule is CCCNC(=O)[C@H]1[C@H]2C(=O)N([C@H](C)CO)C(C(=O)Nc3ccc(Cl)cc3)C23CC(C)[C@]1(C)O3. The summed E-state index contributed by atoms with van der Waals surface area (Å²) < 4.78 is 6.60. The lowest BCUT2D eigenvalue weighted by atomic mass is 9.62. The molecule has 3 fully saturated rings. The van der Waals surface area contributed by atoms with Gasteiger partial charge in [-0.15, -0.1) is 0 Å². The van der Waals surface area contributed by atoms with Gasteiger partial charge in [-0.3, -0.25) is 14.4 Å².